The van der Waals surface area contributed by atoms with Crippen LogP contribution in [0.1, 0.15) is 50.6 Å². The number of rotatable bonds is 4. The minimum Gasteiger partial charge on any atom is -0.388 e. The molecule has 6 nitrogen and oxygen atoms in total. The first-order valence-electron chi connectivity index (χ1n) is 9.25. The van der Waals surface area contributed by atoms with Crippen molar-refractivity contribution < 1.29 is 18.3 Å². The summed E-state index contributed by atoms with van der Waals surface area (Å²) in [5.74, 6) is -0.125. The molecule has 144 valence electrons. The molecular formula is C19H28N2O4S. The van der Waals surface area contributed by atoms with E-state index in [0.29, 0.717) is 0 Å². The van der Waals surface area contributed by atoms with Gasteiger partial charge in [-0.2, -0.15) is 4.31 Å². The molecule has 2 N–H and O–H groups in total. The van der Waals surface area contributed by atoms with Gasteiger partial charge >= 0.3 is 0 Å². The quantitative estimate of drug-likeness (QED) is 0.834. The second-order valence-electron chi connectivity index (χ2n) is 7.80. The maximum atomic E-state index is 12.7. The fourth-order valence-electron chi connectivity index (χ4n) is 4.21. The number of nitrogens with one attached hydrogen (secondary N) is 1. The molecule has 1 aromatic rings. The molecule has 1 aromatic carbocycles. The molecule has 1 amide bonds. The van der Waals surface area contributed by atoms with Crippen LogP contribution >= 0.6 is 0 Å². The van der Waals surface area contributed by atoms with E-state index in [1.165, 1.54) is 10.6 Å². The van der Waals surface area contributed by atoms with Crippen molar-refractivity contribution in [3.63, 3.8) is 0 Å². The van der Waals surface area contributed by atoms with E-state index in [1.807, 2.05) is 30.3 Å². The van der Waals surface area contributed by atoms with E-state index in [2.05, 4.69) is 5.32 Å². The minimum atomic E-state index is -3.49. The lowest BCUT2D eigenvalue weighted by atomic mass is 9.80. The average Bonchev–Trinajstić information content (AvgIpc) is 3.10. The van der Waals surface area contributed by atoms with Crippen molar-refractivity contribution >= 4 is 15.9 Å². The van der Waals surface area contributed by atoms with Gasteiger partial charge in [-0.25, -0.2) is 8.42 Å². The third-order valence-corrected chi connectivity index (χ3v) is 6.99. The zero-order valence-corrected chi connectivity index (χ0v) is 16.2. The molecule has 0 bridgehead atoms. The van der Waals surface area contributed by atoms with E-state index >= 15 is 0 Å². The first-order valence-corrected chi connectivity index (χ1v) is 11.1. The first kappa shape index (κ1) is 19.3. The van der Waals surface area contributed by atoms with Crippen molar-refractivity contribution in [1.29, 1.82) is 0 Å². The Balaban J connectivity index is 1.98. The lowest BCUT2D eigenvalue weighted by Crippen LogP contribution is -2.63. The molecule has 0 aromatic heterocycles. The summed E-state index contributed by atoms with van der Waals surface area (Å²) in [5.41, 5.74) is -0.412. The molecule has 0 radical (unpaired) electrons. The highest BCUT2D eigenvalue weighted by Gasteiger charge is 2.49. The Kier molecular flexibility index (Phi) is 5.42. The highest BCUT2D eigenvalue weighted by molar-refractivity contribution is 7.88. The van der Waals surface area contributed by atoms with Gasteiger partial charge < -0.3 is 10.4 Å². The van der Waals surface area contributed by atoms with Crippen LogP contribution in [-0.4, -0.2) is 48.2 Å². The first-order chi connectivity index (χ1) is 12.2. The molecule has 1 saturated heterocycles. The molecule has 2 fully saturated rings. The van der Waals surface area contributed by atoms with Gasteiger partial charge in [0, 0.05) is 12.5 Å². The Bertz CT molecular complexity index is 742. The predicted molar refractivity (Wildman–Crippen MR) is 99.9 cm³/mol. The smallest absolute Gasteiger partial charge is 0.223 e. The second kappa shape index (κ2) is 7.29. The number of benzene rings is 1. The fourth-order valence-corrected chi connectivity index (χ4v) is 5.29. The molecule has 1 saturated carbocycles. The normalized spacial score (nSPS) is 31.0. The van der Waals surface area contributed by atoms with Crippen molar-refractivity contribution in [3.05, 3.63) is 35.9 Å². The maximum absolute atomic E-state index is 12.7. The van der Waals surface area contributed by atoms with Gasteiger partial charge in [-0.05, 0) is 31.7 Å². The highest BCUT2D eigenvalue weighted by atomic mass is 32.2. The lowest BCUT2D eigenvalue weighted by Gasteiger charge is -2.48. The minimum absolute atomic E-state index is 0.0455. The van der Waals surface area contributed by atoms with E-state index in [0.717, 1.165) is 31.2 Å². The monoisotopic (exact) mass is 380 g/mol. The highest BCUT2D eigenvalue weighted by Crippen LogP contribution is 2.39. The van der Waals surface area contributed by atoms with Crippen LogP contribution < -0.4 is 5.32 Å². The molecule has 2 aliphatic rings. The largest absolute Gasteiger partial charge is 0.388 e. The Hall–Kier alpha value is -1.44. The standard InChI is InChI=1S/C19H28N2O4S/c1-19(23)12-13-21(26(2,24)25)16(14-8-4-3-5-9-14)17(19)20-18(22)15-10-6-7-11-15/h3-5,8-9,15-17,23H,6-7,10-13H2,1-2H3,(H,20,22)/t16-,17-,19+/m0/s1. The number of sulfonamides is 1. The topological polar surface area (TPSA) is 86.7 Å². The number of hydrogen-bond acceptors (Lipinski definition) is 4. The van der Waals surface area contributed by atoms with E-state index in [1.54, 1.807) is 6.92 Å². The van der Waals surface area contributed by atoms with Crippen LogP contribution in [0.15, 0.2) is 30.3 Å². The molecule has 3 atom stereocenters. The van der Waals surface area contributed by atoms with Crippen molar-refractivity contribution in [2.24, 2.45) is 5.92 Å². The van der Waals surface area contributed by atoms with Crippen LogP contribution in [0.4, 0.5) is 0 Å². The summed E-state index contributed by atoms with van der Waals surface area (Å²) in [6.07, 6.45) is 5.24. The molecule has 7 heteroatoms. The summed E-state index contributed by atoms with van der Waals surface area (Å²) in [6.45, 7) is 1.91. The van der Waals surface area contributed by atoms with Crippen LogP contribution in [0.2, 0.25) is 0 Å². The van der Waals surface area contributed by atoms with Gasteiger partial charge in [0.2, 0.25) is 15.9 Å². The van der Waals surface area contributed by atoms with Gasteiger partial charge in [0.25, 0.3) is 0 Å². The van der Waals surface area contributed by atoms with Gasteiger partial charge in [0.15, 0.2) is 0 Å². The molecular weight excluding hydrogens is 352 g/mol. The van der Waals surface area contributed by atoms with Gasteiger partial charge in [-0.3, -0.25) is 4.79 Å². The van der Waals surface area contributed by atoms with Crippen LogP contribution in [0.5, 0.6) is 0 Å². The second-order valence-corrected chi connectivity index (χ2v) is 9.74. The number of carbonyl (C=O) groups is 1. The fraction of sp³-hybridized carbons (Fsp3) is 0.632. The van der Waals surface area contributed by atoms with Crippen molar-refractivity contribution in [1.82, 2.24) is 9.62 Å². The average molecular weight is 381 g/mol. The molecule has 1 heterocycles. The Labute approximate surface area is 155 Å². The third kappa shape index (κ3) is 3.94. The van der Waals surface area contributed by atoms with Gasteiger partial charge in [-0.15, -0.1) is 0 Å². The Morgan fingerprint density at radius 3 is 2.42 bits per heavy atom. The maximum Gasteiger partial charge on any atom is 0.223 e. The number of amides is 1. The summed E-state index contributed by atoms with van der Waals surface area (Å²) in [4.78, 5) is 12.7. The summed E-state index contributed by atoms with van der Waals surface area (Å²) < 4.78 is 26.2. The summed E-state index contributed by atoms with van der Waals surface area (Å²) in [6, 6.07) is 7.92. The number of carbonyl (C=O) groups excluding carboxylic acids is 1. The van der Waals surface area contributed by atoms with Crippen LogP contribution in [-0.2, 0) is 14.8 Å². The van der Waals surface area contributed by atoms with E-state index in [4.69, 9.17) is 0 Å². The molecule has 0 unspecified atom stereocenters. The van der Waals surface area contributed by atoms with Crippen molar-refractivity contribution in [3.8, 4) is 0 Å². The Morgan fingerprint density at radius 2 is 1.85 bits per heavy atom. The Morgan fingerprint density at radius 1 is 1.23 bits per heavy atom. The molecule has 0 spiro atoms. The predicted octanol–water partition coefficient (Wildman–Crippen LogP) is 1.82. The molecule has 1 aliphatic heterocycles. The number of hydrogen-bond donors (Lipinski definition) is 2. The third-order valence-electron chi connectivity index (χ3n) is 5.73. The molecule has 1 aliphatic carbocycles. The van der Waals surface area contributed by atoms with Gasteiger partial charge in [0.1, 0.15) is 0 Å². The molecule has 26 heavy (non-hydrogen) atoms. The summed E-state index contributed by atoms with van der Waals surface area (Å²) in [7, 11) is -3.49. The van der Waals surface area contributed by atoms with Crippen molar-refractivity contribution in [2.75, 3.05) is 12.8 Å². The molecule has 3 rings (SSSR count). The van der Waals surface area contributed by atoms with E-state index < -0.39 is 27.7 Å². The number of piperidine rings is 1. The van der Waals surface area contributed by atoms with E-state index in [-0.39, 0.29) is 24.8 Å². The number of nitrogens with zero attached hydrogens (tertiary/aromatic N) is 1. The van der Waals surface area contributed by atoms with Crippen LogP contribution in [0, 0.1) is 5.92 Å². The van der Waals surface area contributed by atoms with Crippen LogP contribution in [0.25, 0.3) is 0 Å². The van der Waals surface area contributed by atoms with E-state index in [9.17, 15) is 18.3 Å². The van der Waals surface area contributed by atoms with Crippen LogP contribution in [0.3, 0.4) is 0 Å². The SMILES string of the molecule is C[C@@]1(O)CCN(S(C)(=O)=O)[C@@H](c2ccccc2)[C@@H]1NC(=O)C1CCCC1. The number of aliphatic hydroxyl groups is 1. The summed E-state index contributed by atoms with van der Waals surface area (Å²) >= 11 is 0. The lowest BCUT2D eigenvalue weighted by molar-refractivity contribution is -0.130. The van der Waals surface area contributed by atoms with Crippen molar-refractivity contribution in [2.45, 2.75) is 56.7 Å². The van der Waals surface area contributed by atoms with Gasteiger partial charge in [0.05, 0.1) is 23.9 Å². The summed E-state index contributed by atoms with van der Waals surface area (Å²) in [5, 5.41) is 14.0. The van der Waals surface area contributed by atoms with Gasteiger partial charge in [-0.1, -0.05) is 43.2 Å². The zero-order valence-electron chi connectivity index (χ0n) is 15.4. The zero-order chi connectivity index (χ0) is 18.9.